The smallest absolute Gasteiger partial charge is 0.418 e. The van der Waals surface area contributed by atoms with Crippen molar-refractivity contribution in [3.8, 4) is 0 Å². The fourth-order valence-corrected chi connectivity index (χ4v) is 1.99. The molecule has 0 atom stereocenters. The summed E-state index contributed by atoms with van der Waals surface area (Å²) in [5, 5.41) is 2.47. The second kappa shape index (κ2) is 5.80. The Labute approximate surface area is 123 Å². The molecular formula is C12H11ClF3N3O2. The van der Waals surface area contributed by atoms with Gasteiger partial charge >= 0.3 is 12.3 Å². The van der Waals surface area contributed by atoms with E-state index in [9.17, 15) is 18.0 Å². The first-order valence-electron chi connectivity index (χ1n) is 5.86. The molecule has 0 bridgehead atoms. The van der Waals surface area contributed by atoms with Gasteiger partial charge in [-0.05, 0) is 18.2 Å². The number of alkyl halides is 3. The summed E-state index contributed by atoms with van der Waals surface area (Å²) in [4.78, 5) is 16.6. The number of nitrogens with zero attached hydrogens (tertiary/aromatic N) is 2. The second-order valence-electron chi connectivity index (χ2n) is 4.14. The van der Waals surface area contributed by atoms with Gasteiger partial charge in [0.2, 0.25) is 5.96 Å². The van der Waals surface area contributed by atoms with Crippen molar-refractivity contribution in [3.05, 3.63) is 28.8 Å². The van der Waals surface area contributed by atoms with Crippen molar-refractivity contribution in [2.75, 3.05) is 25.5 Å². The number of carbonyl (C=O) groups is 1. The largest absolute Gasteiger partial charge is 0.452 e. The number of nitrogens with one attached hydrogen (secondary N) is 1. The lowest BCUT2D eigenvalue weighted by Gasteiger charge is -2.20. The van der Waals surface area contributed by atoms with Crippen LogP contribution < -0.4 is 5.32 Å². The predicted octanol–water partition coefficient (Wildman–Crippen LogP) is 3.21. The van der Waals surface area contributed by atoms with Crippen LogP contribution in [0, 0.1) is 0 Å². The van der Waals surface area contributed by atoms with Crippen LogP contribution in [-0.4, -0.2) is 37.2 Å². The third-order valence-corrected chi connectivity index (χ3v) is 3.00. The molecule has 5 nitrogen and oxygen atoms in total. The minimum atomic E-state index is -4.58. The summed E-state index contributed by atoms with van der Waals surface area (Å²) in [6.45, 7) is 0.524. The number of hydrogen-bond acceptors (Lipinski definition) is 4. The third-order valence-electron chi connectivity index (χ3n) is 2.77. The fraction of sp³-hybridized carbons (Fsp3) is 0.333. The standard InChI is InChI=1S/C12H11ClF3N3O2/c1-21-11(20)19-5-4-17-10(19)18-9-3-2-7(13)6-8(9)12(14,15)16/h2-3,6H,4-5H2,1H3,(H,17,18). The fourth-order valence-electron chi connectivity index (χ4n) is 1.82. The highest BCUT2D eigenvalue weighted by molar-refractivity contribution is 6.30. The monoisotopic (exact) mass is 321 g/mol. The van der Waals surface area contributed by atoms with Crippen molar-refractivity contribution in [1.29, 1.82) is 0 Å². The molecule has 1 heterocycles. The Kier molecular flexibility index (Phi) is 4.26. The average molecular weight is 322 g/mol. The molecule has 114 valence electrons. The maximum Gasteiger partial charge on any atom is 0.418 e. The van der Waals surface area contributed by atoms with E-state index in [1.54, 1.807) is 0 Å². The average Bonchev–Trinajstić information content (AvgIpc) is 2.87. The third kappa shape index (κ3) is 3.38. The lowest BCUT2D eigenvalue weighted by Crippen LogP contribution is -2.38. The van der Waals surface area contributed by atoms with Crippen LogP contribution in [0.25, 0.3) is 0 Å². The molecule has 1 aromatic carbocycles. The highest BCUT2D eigenvalue weighted by atomic mass is 35.5. The Morgan fingerprint density at radius 2 is 2.19 bits per heavy atom. The lowest BCUT2D eigenvalue weighted by atomic mass is 10.1. The van der Waals surface area contributed by atoms with E-state index >= 15 is 0 Å². The zero-order valence-corrected chi connectivity index (χ0v) is 11.6. The molecular weight excluding hydrogens is 311 g/mol. The minimum absolute atomic E-state index is 0.00896. The number of rotatable bonds is 1. The molecule has 0 fully saturated rings. The highest BCUT2D eigenvalue weighted by Crippen LogP contribution is 2.36. The van der Waals surface area contributed by atoms with Gasteiger partial charge in [-0.3, -0.25) is 4.99 Å². The number of carbonyl (C=O) groups excluding carboxylic acids is 1. The van der Waals surface area contributed by atoms with Crippen molar-refractivity contribution < 1.29 is 22.7 Å². The normalized spacial score (nSPS) is 14.9. The number of guanidine groups is 1. The zero-order chi connectivity index (χ0) is 15.6. The van der Waals surface area contributed by atoms with Crippen LogP contribution in [0.5, 0.6) is 0 Å². The van der Waals surface area contributed by atoms with Crippen LogP contribution in [-0.2, 0) is 10.9 Å². The van der Waals surface area contributed by atoms with Gasteiger partial charge in [0.05, 0.1) is 31.5 Å². The van der Waals surface area contributed by atoms with Gasteiger partial charge in [0.15, 0.2) is 0 Å². The van der Waals surface area contributed by atoms with Crippen LogP contribution in [0.4, 0.5) is 23.7 Å². The maximum absolute atomic E-state index is 13.0. The van der Waals surface area contributed by atoms with Crippen molar-refractivity contribution in [2.45, 2.75) is 6.18 Å². The molecule has 21 heavy (non-hydrogen) atoms. The lowest BCUT2D eigenvalue weighted by molar-refractivity contribution is -0.136. The van der Waals surface area contributed by atoms with E-state index in [1.807, 2.05) is 0 Å². The van der Waals surface area contributed by atoms with Gasteiger partial charge in [0, 0.05) is 5.02 Å². The van der Waals surface area contributed by atoms with Crippen LogP contribution in [0.3, 0.4) is 0 Å². The molecule has 1 amide bonds. The molecule has 0 aliphatic carbocycles. The first kappa shape index (κ1) is 15.4. The summed E-state index contributed by atoms with van der Waals surface area (Å²) in [6.07, 6.45) is -5.27. The molecule has 0 saturated carbocycles. The van der Waals surface area contributed by atoms with Gasteiger partial charge in [0.1, 0.15) is 0 Å². The molecule has 1 aromatic rings. The van der Waals surface area contributed by atoms with Gasteiger partial charge < -0.3 is 10.1 Å². The Balaban J connectivity index is 2.30. The van der Waals surface area contributed by atoms with Crippen molar-refractivity contribution in [2.24, 2.45) is 4.99 Å². The number of halogens is 4. The molecule has 1 aliphatic heterocycles. The van der Waals surface area contributed by atoms with E-state index in [1.165, 1.54) is 19.2 Å². The Bertz CT molecular complexity index is 590. The summed E-state index contributed by atoms with van der Waals surface area (Å²) in [7, 11) is 1.18. The highest BCUT2D eigenvalue weighted by Gasteiger charge is 2.35. The SMILES string of the molecule is COC(=O)N1CCN=C1Nc1ccc(Cl)cc1C(F)(F)F. The Hall–Kier alpha value is -1.96. The predicted molar refractivity (Wildman–Crippen MR) is 71.5 cm³/mol. The summed E-state index contributed by atoms with van der Waals surface area (Å²) < 4.78 is 43.5. The minimum Gasteiger partial charge on any atom is -0.452 e. The topological polar surface area (TPSA) is 53.9 Å². The van der Waals surface area contributed by atoms with E-state index in [-0.39, 0.29) is 29.8 Å². The number of amides is 1. The van der Waals surface area contributed by atoms with Gasteiger partial charge in [-0.1, -0.05) is 11.6 Å². The van der Waals surface area contributed by atoms with Crippen LogP contribution in [0.2, 0.25) is 5.02 Å². The van der Waals surface area contributed by atoms with Crippen LogP contribution >= 0.6 is 11.6 Å². The van der Waals surface area contributed by atoms with Crippen molar-refractivity contribution in [1.82, 2.24) is 4.90 Å². The van der Waals surface area contributed by atoms with Crippen LogP contribution in [0.15, 0.2) is 23.2 Å². The molecule has 9 heteroatoms. The molecule has 0 aromatic heterocycles. The van der Waals surface area contributed by atoms with E-state index in [4.69, 9.17) is 11.6 Å². The molecule has 2 rings (SSSR count). The molecule has 1 N–H and O–H groups in total. The van der Waals surface area contributed by atoms with Gasteiger partial charge in [-0.15, -0.1) is 0 Å². The van der Waals surface area contributed by atoms with E-state index < -0.39 is 17.8 Å². The maximum atomic E-state index is 13.0. The van der Waals surface area contributed by atoms with Crippen molar-refractivity contribution in [3.63, 3.8) is 0 Å². The molecule has 0 unspecified atom stereocenters. The molecule has 0 spiro atoms. The molecule has 1 aliphatic rings. The van der Waals surface area contributed by atoms with E-state index in [0.717, 1.165) is 11.0 Å². The number of aliphatic imine (C=N–C) groups is 1. The number of ether oxygens (including phenoxy) is 1. The van der Waals surface area contributed by atoms with E-state index in [2.05, 4.69) is 15.0 Å². The Morgan fingerprint density at radius 3 is 2.81 bits per heavy atom. The van der Waals surface area contributed by atoms with Gasteiger partial charge in [0.25, 0.3) is 0 Å². The van der Waals surface area contributed by atoms with Crippen molar-refractivity contribution >= 4 is 29.3 Å². The van der Waals surface area contributed by atoms with Crippen LogP contribution in [0.1, 0.15) is 5.56 Å². The van der Waals surface area contributed by atoms with Gasteiger partial charge in [-0.2, -0.15) is 13.2 Å². The number of hydrogen-bond donors (Lipinski definition) is 1. The number of anilines is 1. The Morgan fingerprint density at radius 1 is 1.48 bits per heavy atom. The quantitative estimate of drug-likeness (QED) is 0.864. The first-order valence-corrected chi connectivity index (χ1v) is 6.24. The summed E-state index contributed by atoms with van der Waals surface area (Å²) in [5.74, 6) is 0.00896. The molecule has 0 saturated heterocycles. The first-order chi connectivity index (χ1) is 9.82. The van der Waals surface area contributed by atoms with Gasteiger partial charge in [-0.25, -0.2) is 9.69 Å². The summed E-state index contributed by atoms with van der Waals surface area (Å²) >= 11 is 5.60. The number of methoxy groups -OCH3 is 1. The van der Waals surface area contributed by atoms with E-state index in [0.29, 0.717) is 0 Å². The summed E-state index contributed by atoms with van der Waals surface area (Å²) in [5.41, 5.74) is -1.17. The zero-order valence-electron chi connectivity index (χ0n) is 10.9. The summed E-state index contributed by atoms with van der Waals surface area (Å²) in [6, 6.07) is 3.31. The second-order valence-corrected chi connectivity index (χ2v) is 4.58. The number of benzene rings is 1. The molecule has 0 radical (unpaired) electrons.